The zero-order valence-corrected chi connectivity index (χ0v) is 8.88. The van der Waals surface area contributed by atoms with Gasteiger partial charge in [-0.3, -0.25) is 9.78 Å². The Morgan fingerprint density at radius 1 is 1.64 bits per heavy atom. The third-order valence-corrected chi connectivity index (χ3v) is 2.92. The van der Waals surface area contributed by atoms with Crippen molar-refractivity contribution in [1.29, 1.82) is 0 Å². The lowest BCUT2D eigenvalue weighted by Gasteiger charge is -2.14. The predicted octanol–water partition coefficient (Wildman–Crippen LogP) is 0.782. The number of aromatic nitrogens is 2. The van der Waals surface area contributed by atoms with Gasteiger partial charge in [0.05, 0.1) is 0 Å². The molecule has 1 aromatic rings. The SMILES string of the molecule is CN1CCC(n2ccc(=O)[nH]c2=S)C1. The molecule has 14 heavy (non-hydrogen) atoms. The molecule has 1 aromatic heterocycles. The summed E-state index contributed by atoms with van der Waals surface area (Å²) in [4.78, 5) is 15.9. The molecule has 1 N–H and O–H groups in total. The summed E-state index contributed by atoms with van der Waals surface area (Å²) < 4.78 is 2.50. The van der Waals surface area contributed by atoms with Gasteiger partial charge in [-0.1, -0.05) is 0 Å². The van der Waals surface area contributed by atoms with Crippen molar-refractivity contribution >= 4 is 12.2 Å². The molecule has 0 spiro atoms. The highest BCUT2D eigenvalue weighted by Crippen LogP contribution is 2.19. The van der Waals surface area contributed by atoms with Crippen LogP contribution in [-0.4, -0.2) is 34.6 Å². The normalized spacial score (nSPS) is 22.8. The van der Waals surface area contributed by atoms with Crippen LogP contribution in [0.15, 0.2) is 17.1 Å². The van der Waals surface area contributed by atoms with E-state index in [9.17, 15) is 4.79 Å². The third kappa shape index (κ3) is 1.78. The minimum Gasteiger partial charge on any atom is -0.321 e. The predicted molar refractivity (Wildman–Crippen MR) is 57.0 cm³/mol. The van der Waals surface area contributed by atoms with Gasteiger partial charge >= 0.3 is 0 Å². The van der Waals surface area contributed by atoms with E-state index in [1.165, 1.54) is 6.07 Å². The van der Waals surface area contributed by atoms with Crippen LogP contribution >= 0.6 is 12.2 Å². The minimum atomic E-state index is -0.127. The Bertz CT molecular complexity index is 436. The lowest BCUT2D eigenvalue weighted by atomic mass is 10.2. The number of likely N-dealkylation sites (tertiary alicyclic amines) is 1. The second-order valence-corrected chi connectivity index (χ2v) is 4.11. The molecule has 0 saturated carbocycles. The summed E-state index contributed by atoms with van der Waals surface area (Å²) in [5.41, 5.74) is -0.127. The molecular weight excluding hydrogens is 198 g/mol. The van der Waals surface area contributed by atoms with Crippen molar-refractivity contribution in [1.82, 2.24) is 14.5 Å². The maximum Gasteiger partial charge on any atom is 0.251 e. The van der Waals surface area contributed by atoms with Gasteiger partial charge in [-0.05, 0) is 32.2 Å². The molecule has 2 heterocycles. The van der Waals surface area contributed by atoms with E-state index in [-0.39, 0.29) is 5.56 Å². The number of nitrogens with zero attached hydrogens (tertiary/aromatic N) is 2. The lowest BCUT2D eigenvalue weighted by Crippen LogP contribution is -2.19. The van der Waals surface area contributed by atoms with Crippen molar-refractivity contribution in [3.8, 4) is 0 Å². The number of rotatable bonds is 1. The highest BCUT2D eigenvalue weighted by Gasteiger charge is 2.20. The van der Waals surface area contributed by atoms with E-state index < -0.39 is 0 Å². The van der Waals surface area contributed by atoms with Crippen molar-refractivity contribution in [2.45, 2.75) is 12.5 Å². The van der Waals surface area contributed by atoms with Gasteiger partial charge in [0.25, 0.3) is 5.56 Å². The average Bonchev–Trinajstić information content (AvgIpc) is 2.51. The molecule has 0 aliphatic carbocycles. The highest BCUT2D eigenvalue weighted by atomic mass is 32.1. The number of hydrogen-bond acceptors (Lipinski definition) is 3. The molecule has 1 atom stereocenters. The van der Waals surface area contributed by atoms with Crippen molar-refractivity contribution < 1.29 is 0 Å². The maximum absolute atomic E-state index is 11.0. The molecule has 1 aliphatic heterocycles. The van der Waals surface area contributed by atoms with Crippen LogP contribution in [0.3, 0.4) is 0 Å². The molecule has 76 valence electrons. The zero-order valence-electron chi connectivity index (χ0n) is 8.06. The van der Waals surface area contributed by atoms with Gasteiger partial charge in [-0.15, -0.1) is 0 Å². The topological polar surface area (TPSA) is 41.0 Å². The van der Waals surface area contributed by atoms with Crippen molar-refractivity contribution in [3.63, 3.8) is 0 Å². The summed E-state index contributed by atoms with van der Waals surface area (Å²) in [5.74, 6) is 0. The summed E-state index contributed by atoms with van der Waals surface area (Å²) in [6, 6.07) is 1.93. The van der Waals surface area contributed by atoms with E-state index in [4.69, 9.17) is 12.2 Å². The van der Waals surface area contributed by atoms with Crippen molar-refractivity contribution in [3.05, 3.63) is 27.4 Å². The first kappa shape index (κ1) is 9.61. The van der Waals surface area contributed by atoms with Crippen LogP contribution in [0, 0.1) is 4.77 Å². The Morgan fingerprint density at radius 2 is 2.43 bits per heavy atom. The number of H-pyrrole nitrogens is 1. The van der Waals surface area contributed by atoms with Crippen molar-refractivity contribution in [2.75, 3.05) is 20.1 Å². The monoisotopic (exact) mass is 211 g/mol. The first-order valence-corrected chi connectivity index (χ1v) is 5.07. The third-order valence-electron chi connectivity index (χ3n) is 2.61. The summed E-state index contributed by atoms with van der Waals surface area (Å²) in [6.45, 7) is 2.09. The smallest absolute Gasteiger partial charge is 0.251 e. The average molecular weight is 211 g/mol. The maximum atomic E-state index is 11.0. The van der Waals surface area contributed by atoms with Crippen molar-refractivity contribution in [2.24, 2.45) is 0 Å². The fourth-order valence-corrected chi connectivity index (χ4v) is 2.16. The first-order valence-electron chi connectivity index (χ1n) is 4.67. The van der Waals surface area contributed by atoms with Crippen LogP contribution in [0.4, 0.5) is 0 Å². The van der Waals surface area contributed by atoms with Crippen LogP contribution < -0.4 is 5.56 Å². The zero-order chi connectivity index (χ0) is 10.1. The van der Waals surface area contributed by atoms with E-state index in [1.807, 2.05) is 4.57 Å². The molecule has 1 saturated heterocycles. The molecular formula is C9H13N3OS. The van der Waals surface area contributed by atoms with Crippen LogP contribution in [0.25, 0.3) is 0 Å². The van der Waals surface area contributed by atoms with Gasteiger partial charge < -0.3 is 9.47 Å². The number of nitrogens with one attached hydrogen (secondary N) is 1. The van der Waals surface area contributed by atoms with Crippen LogP contribution in [-0.2, 0) is 0 Å². The number of aromatic amines is 1. The Hall–Kier alpha value is -0.940. The second kappa shape index (κ2) is 3.67. The number of likely N-dealkylation sites (N-methyl/N-ethyl adjacent to an activating group) is 1. The van der Waals surface area contributed by atoms with E-state index in [1.54, 1.807) is 6.20 Å². The summed E-state index contributed by atoms with van der Waals surface area (Å²) in [5, 5.41) is 0. The molecule has 0 amide bonds. The van der Waals surface area contributed by atoms with E-state index in [0.29, 0.717) is 10.8 Å². The second-order valence-electron chi connectivity index (χ2n) is 3.72. The van der Waals surface area contributed by atoms with Crippen LogP contribution in [0.2, 0.25) is 0 Å². The standard InChI is InChI=1S/C9H13N3OS/c1-11-4-2-7(6-11)12-5-3-8(13)10-9(12)14/h3,5,7H,2,4,6H2,1H3,(H,10,13,14). The molecule has 1 unspecified atom stereocenters. The van der Waals surface area contributed by atoms with Gasteiger partial charge in [0.15, 0.2) is 4.77 Å². The van der Waals surface area contributed by atoms with E-state index in [0.717, 1.165) is 19.5 Å². The lowest BCUT2D eigenvalue weighted by molar-refractivity contribution is 0.390. The molecule has 0 bridgehead atoms. The Labute approximate surface area is 87.2 Å². The Balaban J connectivity index is 2.33. The molecule has 5 heteroatoms. The number of hydrogen-bond donors (Lipinski definition) is 1. The summed E-state index contributed by atoms with van der Waals surface area (Å²) in [6.07, 6.45) is 2.88. The van der Waals surface area contributed by atoms with Gasteiger partial charge in [0.2, 0.25) is 0 Å². The van der Waals surface area contributed by atoms with E-state index >= 15 is 0 Å². The Kier molecular flexibility index (Phi) is 2.52. The highest BCUT2D eigenvalue weighted by molar-refractivity contribution is 7.71. The van der Waals surface area contributed by atoms with Crippen LogP contribution in [0.1, 0.15) is 12.5 Å². The molecule has 1 fully saturated rings. The largest absolute Gasteiger partial charge is 0.321 e. The summed E-state index contributed by atoms with van der Waals surface area (Å²) in [7, 11) is 2.09. The van der Waals surface area contributed by atoms with Gasteiger partial charge in [0.1, 0.15) is 0 Å². The molecule has 0 radical (unpaired) electrons. The molecule has 2 rings (SSSR count). The molecule has 0 aromatic carbocycles. The van der Waals surface area contributed by atoms with Gasteiger partial charge in [-0.2, -0.15) is 0 Å². The van der Waals surface area contributed by atoms with Crippen LogP contribution in [0.5, 0.6) is 0 Å². The van der Waals surface area contributed by atoms with E-state index in [2.05, 4.69) is 16.9 Å². The molecule has 4 nitrogen and oxygen atoms in total. The Morgan fingerprint density at radius 3 is 3.00 bits per heavy atom. The first-order chi connectivity index (χ1) is 6.66. The fraction of sp³-hybridized carbons (Fsp3) is 0.556. The fourth-order valence-electron chi connectivity index (χ4n) is 1.85. The molecule has 1 aliphatic rings. The van der Waals surface area contributed by atoms with Gasteiger partial charge in [0, 0.05) is 24.8 Å². The minimum absolute atomic E-state index is 0.127. The van der Waals surface area contributed by atoms with Gasteiger partial charge in [-0.25, -0.2) is 0 Å². The summed E-state index contributed by atoms with van der Waals surface area (Å²) >= 11 is 5.10. The quantitative estimate of drug-likeness (QED) is 0.698.